The maximum Gasteiger partial charge on any atom is 0.574 e. The summed E-state index contributed by atoms with van der Waals surface area (Å²) in [5, 5.41) is 8.98. The number of pyridine rings is 1. The van der Waals surface area contributed by atoms with Crippen molar-refractivity contribution in [1.29, 1.82) is 0 Å². The molecule has 0 aromatic carbocycles. The number of rotatable bonds is 3. The van der Waals surface area contributed by atoms with Crippen molar-refractivity contribution >= 4 is 22.6 Å². The van der Waals surface area contributed by atoms with Crippen LogP contribution in [0.25, 0.3) is 0 Å². The largest absolute Gasteiger partial charge is 0.574 e. The molecule has 1 aromatic heterocycles. The van der Waals surface area contributed by atoms with Gasteiger partial charge in [0.05, 0.1) is 12.2 Å². The number of nitrogens with two attached hydrogens (primary N) is 1. The molecule has 1 rings (SSSR count). The van der Waals surface area contributed by atoms with E-state index in [9.17, 15) is 13.2 Å². The maximum atomic E-state index is 12.0. The average molecular weight is 348 g/mol. The molecule has 0 saturated carbocycles. The van der Waals surface area contributed by atoms with Crippen LogP contribution in [-0.4, -0.2) is 16.5 Å². The van der Waals surface area contributed by atoms with Crippen molar-refractivity contribution in [3.8, 4) is 5.88 Å². The number of aliphatic hydroxyl groups excluding tert-OH is 1. The van der Waals surface area contributed by atoms with E-state index in [1.54, 1.807) is 22.6 Å². The van der Waals surface area contributed by atoms with Crippen LogP contribution in [0.2, 0.25) is 0 Å². The molecule has 8 heteroatoms. The molecular weight excluding hydrogens is 340 g/mol. The summed E-state index contributed by atoms with van der Waals surface area (Å²) in [6.45, 7) is -0.463. The molecule has 90 valence electrons. The predicted molar refractivity (Wildman–Crippen MR) is 57.5 cm³/mol. The molecule has 0 unspecified atom stereocenters. The zero-order valence-electron chi connectivity index (χ0n) is 7.88. The number of halogens is 4. The minimum atomic E-state index is -4.83. The van der Waals surface area contributed by atoms with Crippen LogP contribution >= 0.6 is 22.6 Å². The molecule has 16 heavy (non-hydrogen) atoms. The molecule has 4 nitrogen and oxygen atoms in total. The van der Waals surface area contributed by atoms with Crippen LogP contribution in [0.4, 0.5) is 13.2 Å². The van der Waals surface area contributed by atoms with Crippen molar-refractivity contribution in [3.05, 3.63) is 20.9 Å². The first-order chi connectivity index (χ1) is 7.39. The Labute approximate surface area is 103 Å². The Hall–Kier alpha value is -0.610. The fourth-order valence-electron chi connectivity index (χ4n) is 1.04. The van der Waals surface area contributed by atoms with Crippen LogP contribution in [0.3, 0.4) is 0 Å². The molecule has 0 aliphatic heterocycles. The van der Waals surface area contributed by atoms with E-state index in [0.717, 1.165) is 0 Å². The van der Waals surface area contributed by atoms with Gasteiger partial charge in [-0.05, 0) is 28.2 Å². The first-order valence-corrected chi connectivity index (χ1v) is 5.19. The molecule has 0 spiro atoms. The highest BCUT2D eigenvalue weighted by molar-refractivity contribution is 14.1. The van der Waals surface area contributed by atoms with Gasteiger partial charge in [-0.25, -0.2) is 4.98 Å². The van der Waals surface area contributed by atoms with Gasteiger partial charge in [0.1, 0.15) is 0 Å². The number of aromatic nitrogens is 1. The van der Waals surface area contributed by atoms with E-state index in [-0.39, 0.29) is 12.1 Å². The van der Waals surface area contributed by atoms with E-state index >= 15 is 0 Å². The Morgan fingerprint density at radius 2 is 2.12 bits per heavy atom. The fraction of sp³-hybridized carbons (Fsp3) is 0.375. The molecule has 0 amide bonds. The lowest BCUT2D eigenvalue weighted by atomic mass is 10.2. The van der Waals surface area contributed by atoms with Gasteiger partial charge < -0.3 is 15.6 Å². The second kappa shape index (κ2) is 5.15. The van der Waals surface area contributed by atoms with Gasteiger partial charge >= 0.3 is 6.36 Å². The molecule has 0 fully saturated rings. The van der Waals surface area contributed by atoms with Crippen LogP contribution in [0.5, 0.6) is 5.88 Å². The van der Waals surface area contributed by atoms with Crippen molar-refractivity contribution in [2.24, 2.45) is 5.73 Å². The van der Waals surface area contributed by atoms with E-state index in [4.69, 9.17) is 10.8 Å². The monoisotopic (exact) mass is 348 g/mol. The molecule has 0 radical (unpaired) electrons. The topological polar surface area (TPSA) is 68.4 Å². The maximum absolute atomic E-state index is 12.0. The van der Waals surface area contributed by atoms with Crippen LogP contribution in [0, 0.1) is 3.57 Å². The third kappa shape index (κ3) is 3.19. The van der Waals surface area contributed by atoms with Crippen molar-refractivity contribution in [1.82, 2.24) is 4.98 Å². The van der Waals surface area contributed by atoms with E-state index in [1.165, 1.54) is 6.20 Å². The molecule has 0 saturated heterocycles. The predicted octanol–water partition coefficient (Wildman–Crippen LogP) is 1.54. The zero-order valence-corrected chi connectivity index (χ0v) is 10.0. The SMILES string of the molecule is NCc1cnc(OC(F)(F)F)c(CO)c1I. The van der Waals surface area contributed by atoms with Crippen LogP contribution in [0.1, 0.15) is 11.1 Å². The lowest BCUT2D eigenvalue weighted by molar-refractivity contribution is -0.276. The number of aliphatic hydroxyl groups is 1. The van der Waals surface area contributed by atoms with Gasteiger partial charge in [-0.2, -0.15) is 0 Å². The molecule has 1 aromatic rings. The highest BCUT2D eigenvalue weighted by atomic mass is 127. The standard InChI is InChI=1S/C8H8F3IN2O2/c9-8(10,11)16-7-5(3-15)6(12)4(1-13)2-14-7/h2,15H,1,3,13H2. The van der Waals surface area contributed by atoms with E-state index in [1.807, 2.05) is 0 Å². The first kappa shape index (κ1) is 13.5. The summed E-state index contributed by atoms with van der Waals surface area (Å²) in [5.41, 5.74) is 5.90. The summed E-state index contributed by atoms with van der Waals surface area (Å²) in [4.78, 5) is 3.48. The van der Waals surface area contributed by atoms with Gasteiger partial charge in [-0.15, -0.1) is 13.2 Å². The van der Waals surface area contributed by atoms with Gasteiger partial charge in [-0.1, -0.05) is 0 Å². The summed E-state index contributed by atoms with van der Waals surface area (Å²) >= 11 is 1.79. The summed E-state index contributed by atoms with van der Waals surface area (Å²) in [7, 11) is 0. The minimum Gasteiger partial charge on any atom is -0.391 e. The number of hydrogen-bond acceptors (Lipinski definition) is 4. The molecule has 0 bridgehead atoms. The Morgan fingerprint density at radius 3 is 2.56 bits per heavy atom. The highest BCUT2D eigenvalue weighted by Gasteiger charge is 2.33. The van der Waals surface area contributed by atoms with Crippen molar-refractivity contribution in [2.45, 2.75) is 19.5 Å². The highest BCUT2D eigenvalue weighted by Crippen LogP contribution is 2.29. The first-order valence-electron chi connectivity index (χ1n) is 4.12. The Kier molecular flexibility index (Phi) is 4.33. The van der Waals surface area contributed by atoms with Crippen LogP contribution in [-0.2, 0) is 13.2 Å². The van der Waals surface area contributed by atoms with E-state index in [2.05, 4.69) is 9.72 Å². The molecule has 0 aliphatic rings. The van der Waals surface area contributed by atoms with Crippen molar-refractivity contribution < 1.29 is 23.0 Å². The van der Waals surface area contributed by atoms with Crippen molar-refractivity contribution in [2.75, 3.05) is 0 Å². The molecule has 1 heterocycles. The van der Waals surface area contributed by atoms with Crippen LogP contribution in [0.15, 0.2) is 6.20 Å². The minimum absolute atomic E-state index is 0.0131. The number of ether oxygens (including phenoxy) is 1. The smallest absolute Gasteiger partial charge is 0.391 e. The quantitative estimate of drug-likeness (QED) is 0.814. The van der Waals surface area contributed by atoms with Crippen LogP contribution < -0.4 is 10.5 Å². The Morgan fingerprint density at radius 1 is 1.50 bits per heavy atom. The zero-order chi connectivity index (χ0) is 12.3. The van der Waals surface area contributed by atoms with E-state index in [0.29, 0.717) is 9.13 Å². The molecule has 0 aliphatic carbocycles. The summed E-state index contributed by atoms with van der Waals surface area (Å²) in [6, 6.07) is 0. The Balaban J connectivity index is 3.16. The van der Waals surface area contributed by atoms with Gasteiger partial charge in [0.25, 0.3) is 0 Å². The third-order valence-corrected chi connectivity index (χ3v) is 3.08. The molecular formula is C8H8F3IN2O2. The lowest BCUT2D eigenvalue weighted by Gasteiger charge is -2.13. The summed E-state index contributed by atoms with van der Waals surface area (Å²) in [6.07, 6.45) is -3.63. The number of nitrogens with zero attached hydrogens (tertiary/aromatic N) is 1. The van der Waals surface area contributed by atoms with Gasteiger partial charge in [0.15, 0.2) is 0 Å². The second-order valence-electron chi connectivity index (χ2n) is 2.79. The van der Waals surface area contributed by atoms with Gasteiger partial charge in [0.2, 0.25) is 5.88 Å². The van der Waals surface area contributed by atoms with Gasteiger partial charge in [0, 0.05) is 16.3 Å². The Bertz CT molecular complexity index is 384. The second-order valence-corrected chi connectivity index (χ2v) is 3.87. The normalized spacial score (nSPS) is 11.6. The van der Waals surface area contributed by atoms with Crippen molar-refractivity contribution in [3.63, 3.8) is 0 Å². The number of hydrogen-bond donors (Lipinski definition) is 2. The molecule has 0 atom stereocenters. The number of alkyl halides is 3. The molecule has 3 N–H and O–H groups in total. The lowest BCUT2D eigenvalue weighted by Crippen LogP contribution is -2.20. The van der Waals surface area contributed by atoms with E-state index < -0.39 is 18.8 Å². The third-order valence-electron chi connectivity index (χ3n) is 1.73. The fourth-order valence-corrected chi connectivity index (χ4v) is 1.80. The summed E-state index contributed by atoms with van der Waals surface area (Å²) in [5.74, 6) is -0.642. The summed E-state index contributed by atoms with van der Waals surface area (Å²) < 4.78 is 40.1. The average Bonchev–Trinajstić information content (AvgIpc) is 2.16. The van der Waals surface area contributed by atoms with Gasteiger partial charge in [-0.3, -0.25) is 0 Å².